The largest absolute Gasteiger partial charge is 0.465 e. The topological polar surface area (TPSA) is 28.4 Å². The van der Waals surface area contributed by atoms with Crippen LogP contribution in [0.1, 0.15) is 51.7 Å². The SMILES string of the molecule is CCC1CNC(C)(C)CN1C(C)c1ccc(C)o1. The molecule has 1 saturated heterocycles. The van der Waals surface area contributed by atoms with E-state index in [1.807, 2.05) is 6.92 Å². The third-order valence-electron chi connectivity index (χ3n) is 4.00. The summed E-state index contributed by atoms with van der Waals surface area (Å²) < 4.78 is 5.80. The average Bonchev–Trinajstić information content (AvgIpc) is 2.74. The fourth-order valence-corrected chi connectivity index (χ4v) is 2.83. The van der Waals surface area contributed by atoms with Gasteiger partial charge >= 0.3 is 0 Å². The van der Waals surface area contributed by atoms with Crippen molar-refractivity contribution in [3.05, 3.63) is 23.7 Å². The molecule has 1 fully saturated rings. The predicted molar refractivity (Wildman–Crippen MR) is 74.7 cm³/mol. The van der Waals surface area contributed by atoms with E-state index in [9.17, 15) is 0 Å². The molecule has 2 unspecified atom stereocenters. The third-order valence-corrected chi connectivity index (χ3v) is 4.00. The fraction of sp³-hybridized carbons (Fsp3) is 0.733. The van der Waals surface area contributed by atoms with E-state index in [4.69, 9.17) is 4.42 Å². The molecule has 1 aliphatic rings. The summed E-state index contributed by atoms with van der Waals surface area (Å²) >= 11 is 0. The number of nitrogens with one attached hydrogen (secondary N) is 1. The van der Waals surface area contributed by atoms with Crippen molar-refractivity contribution >= 4 is 0 Å². The Bertz CT molecular complexity index is 397. The van der Waals surface area contributed by atoms with Crippen LogP contribution in [0.25, 0.3) is 0 Å². The van der Waals surface area contributed by atoms with Crippen LogP contribution in [0.3, 0.4) is 0 Å². The van der Waals surface area contributed by atoms with Crippen molar-refractivity contribution in [3.63, 3.8) is 0 Å². The molecule has 0 bridgehead atoms. The van der Waals surface area contributed by atoms with Gasteiger partial charge in [0.15, 0.2) is 0 Å². The Balaban J connectivity index is 2.17. The first-order valence-corrected chi connectivity index (χ1v) is 7.00. The van der Waals surface area contributed by atoms with Crippen molar-refractivity contribution in [1.82, 2.24) is 10.2 Å². The monoisotopic (exact) mass is 250 g/mol. The van der Waals surface area contributed by atoms with Gasteiger partial charge in [0.25, 0.3) is 0 Å². The predicted octanol–water partition coefficient (Wildman–Crippen LogP) is 3.11. The van der Waals surface area contributed by atoms with Crippen molar-refractivity contribution in [2.75, 3.05) is 13.1 Å². The highest BCUT2D eigenvalue weighted by Crippen LogP contribution is 2.29. The van der Waals surface area contributed by atoms with Crippen LogP contribution in [-0.2, 0) is 0 Å². The van der Waals surface area contributed by atoms with E-state index in [2.05, 4.69) is 50.0 Å². The van der Waals surface area contributed by atoms with Crippen LogP contribution in [-0.4, -0.2) is 29.6 Å². The Hall–Kier alpha value is -0.800. The first kappa shape index (κ1) is 13.6. The molecule has 3 nitrogen and oxygen atoms in total. The molecule has 1 aromatic heterocycles. The van der Waals surface area contributed by atoms with Crippen LogP contribution in [0.15, 0.2) is 16.5 Å². The zero-order valence-electron chi connectivity index (χ0n) is 12.3. The molecule has 2 rings (SSSR count). The van der Waals surface area contributed by atoms with E-state index in [0.29, 0.717) is 12.1 Å². The average molecular weight is 250 g/mol. The third kappa shape index (κ3) is 2.78. The van der Waals surface area contributed by atoms with E-state index < -0.39 is 0 Å². The quantitative estimate of drug-likeness (QED) is 0.893. The maximum absolute atomic E-state index is 5.80. The van der Waals surface area contributed by atoms with Gasteiger partial charge in [0.1, 0.15) is 11.5 Å². The van der Waals surface area contributed by atoms with Gasteiger partial charge < -0.3 is 9.73 Å². The molecular weight excluding hydrogens is 224 g/mol. The molecule has 102 valence electrons. The Morgan fingerprint density at radius 3 is 2.78 bits per heavy atom. The maximum atomic E-state index is 5.80. The highest BCUT2D eigenvalue weighted by atomic mass is 16.3. The highest BCUT2D eigenvalue weighted by molar-refractivity contribution is 5.10. The summed E-state index contributed by atoms with van der Waals surface area (Å²) in [6.07, 6.45) is 1.17. The molecule has 3 heteroatoms. The maximum Gasteiger partial charge on any atom is 0.121 e. The summed E-state index contributed by atoms with van der Waals surface area (Å²) in [4.78, 5) is 2.58. The molecule has 1 aliphatic heterocycles. The van der Waals surface area contributed by atoms with Crippen LogP contribution in [0.2, 0.25) is 0 Å². The number of rotatable bonds is 3. The molecular formula is C15H26N2O. The second-order valence-electron chi connectivity index (χ2n) is 6.12. The van der Waals surface area contributed by atoms with Crippen LogP contribution in [0, 0.1) is 6.92 Å². The minimum atomic E-state index is 0.182. The number of hydrogen-bond donors (Lipinski definition) is 1. The second kappa shape index (κ2) is 5.06. The summed E-state index contributed by atoms with van der Waals surface area (Å²) in [5.74, 6) is 2.09. The van der Waals surface area contributed by atoms with Crippen molar-refractivity contribution < 1.29 is 4.42 Å². The minimum Gasteiger partial charge on any atom is -0.465 e. The first-order valence-electron chi connectivity index (χ1n) is 7.00. The van der Waals surface area contributed by atoms with Crippen molar-refractivity contribution in [3.8, 4) is 0 Å². The van der Waals surface area contributed by atoms with Gasteiger partial charge in [-0.25, -0.2) is 0 Å². The second-order valence-corrected chi connectivity index (χ2v) is 6.12. The first-order chi connectivity index (χ1) is 8.43. The smallest absolute Gasteiger partial charge is 0.121 e. The highest BCUT2D eigenvalue weighted by Gasteiger charge is 2.35. The Labute approximate surface area is 111 Å². The summed E-state index contributed by atoms with van der Waals surface area (Å²) in [6.45, 7) is 13.2. The standard InChI is InChI=1S/C15H26N2O/c1-6-13-9-16-15(4,5)10-17(13)12(3)14-8-7-11(2)18-14/h7-8,12-13,16H,6,9-10H2,1-5H3. The molecule has 0 aromatic carbocycles. The molecule has 0 aliphatic carbocycles. The minimum absolute atomic E-state index is 0.182. The molecule has 0 saturated carbocycles. The molecule has 2 heterocycles. The van der Waals surface area contributed by atoms with Crippen LogP contribution in [0.4, 0.5) is 0 Å². The van der Waals surface area contributed by atoms with Gasteiger partial charge in [-0.1, -0.05) is 6.92 Å². The van der Waals surface area contributed by atoms with Gasteiger partial charge in [0, 0.05) is 24.7 Å². The Morgan fingerprint density at radius 1 is 1.50 bits per heavy atom. The van der Waals surface area contributed by atoms with Gasteiger partial charge in [0.05, 0.1) is 6.04 Å². The molecule has 0 amide bonds. The molecule has 1 N–H and O–H groups in total. The molecule has 2 atom stereocenters. The summed E-state index contributed by atoms with van der Waals surface area (Å²) in [5.41, 5.74) is 0.182. The van der Waals surface area contributed by atoms with Crippen molar-refractivity contribution in [2.45, 2.75) is 58.7 Å². The normalized spacial score (nSPS) is 26.2. The lowest BCUT2D eigenvalue weighted by Gasteiger charge is -2.46. The van der Waals surface area contributed by atoms with E-state index >= 15 is 0 Å². The van der Waals surface area contributed by atoms with Gasteiger partial charge in [0.2, 0.25) is 0 Å². The van der Waals surface area contributed by atoms with Gasteiger partial charge in [-0.15, -0.1) is 0 Å². The van der Waals surface area contributed by atoms with E-state index in [1.165, 1.54) is 6.42 Å². The molecule has 18 heavy (non-hydrogen) atoms. The number of piperazine rings is 1. The van der Waals surface area contributed by atoms with E-state index in [0.717, 1.165) is 24.6 Å². The summed E-state index contributed by atoms with van der Waals surface area (Å²) in [5, 5.41) is 3.63. The van der Waals surface area contributed by atoms with Crippen molar-refractivity contribution in [2.24, 2.45) is 0 Å². The zero-order valence-corrected chi connectivity index (χ0v) is 12.3. The van der Waals surface area contributed by atoms with Crippen LogP contribution in [0.5, 0.6) is 0 Å². The lowest BCUT2D eigenvalue weighted by Crippen LogP contribution is -2.61. The Morgan fingerprint density at radius 2 is 2.22 bits per heavy atom. The lowest BCUT2D eigenvalue weighted by atomic mass is 9.95. The van der Waals surface area contributed by atoms with Gasteiger partial charge in [-0.2, -0.15) is 0 Å². The lowest BCUT2D eigenvalue weighted by molar-refractivity contribution is 0.0495. The molecule has 0 radical (unpaired) electrons. The number of aryl methyl sites for hydroxylation is 1. The zero-order chi connectivity index (χ0) is 13.3. The van der Waals surface area contributed by atoms with Crippen LogP contribution < -0.4 is 5.32 Å². The van der Waals surface area contributed by atoms with Crippen molar-refractivity contribution in [1.29, 1.82) is 0 Å². The van der Waals surface area contributed by atoms with E-state index in [-0.39, 0.29) is 5.54 Å². The molecule has 0 spiro atoms. The Kier molecular flexibility index (Phi) is 3.83. The van der Waals surface area contributed by atoms with Gasteiger partial charge in [-0.05, 0) is 46.2 Å². The number of nitrogens with zero attached hydrogens (tertiary/aromatic N) is 1. The number of hydrogen-bond acceptors (Lipinski definition) is 3. The van der Waals surface area contributed by atoms with Gasteiger partial charge in [-0.3, -0.25) is 4.90 Å². The summed E-state index contributed by atoms with van der Waals surface area (Å²) in [6, 6.07) is 5.12. The number of furan rings is 1. The van der Waals surface area contributed by atoms with E-state index in [1.54, 1.807) is 0 Å². The molecule has 1 aromatic rings. The fourth-order valence-electron chi connectivity index (χ4n) is 2.83. The summed E-state index contributed by atoms with van der Waals surface area (Å²) in [7, 11) is 0. The van der Waals surface area contributed by atoms with Crippen LogP contribution >= 0.6 is 0 Å².